The quantitative estimate of drug-likeness (QED) is 0.885. The summed E-state index contributed by atoms with van der Waals surface area (Å²) in [6.45, 7) is 4.81. The van der Waals surface area contributed by atoms with E-state index >= 15 is 0 Å². The van der Waals surface area contributed by atoms with Crippen LogP contribution >= 0.6 is 0 Å². The van der Waals surface area contributed by atoms with E-state index in [4.69, 9.17) is 5.73 Å². The van der Waals surface area contributed by atoms with Crippen molar-refractivity contribution in [3.8, 4) is 0 Å². The first-order valence-corrected chi connectivity index (χ1v) is 8.79. The number of amides is 1. The van der Waals surface area contributed by atoms with Gasteiger partial charge in [0.25, 0.3) is 0 Å². The van der Waals surface area contributed by atoms with Gasteiger partial charge in [-0.2, -0.15) is 13.2 Å². The van der Waals surface area contributed by atoms with E-state index in [9.17, 15) is 18.0 Å². The molecule has 1 aliphatic heterocycles. The molecule has 0 spiro atoms. The summed E-state index contributed by atoms with van der Waals surface area (Å²) in [5, 5.41) is 0. The molecule has 1 saturated carbocycles. The first-order chi connectivity index (χ1) is 11.6. The molecule has 0 saturated heterocycles. The molecule has 2 heterocycles. The standard InChI is InChI=1S/C18H24F3N3O/c1-11(2)17(5-3-14(22)8-17)16(25)24-6-4-15-12(10-24)7-13(9-23-15)18(19,20)21/h7,9,11,14H,3-6,8,10,22H2,1-2H3/p+1/t14-,17+/m1/s1. The number of nitrogens with one attached hydrogen (secondary N) is 1. The normalized spacial score (nSPS) is 26.8. The van der Waals surface area contributed by atoms with Gasteiger partial charge in [-0.1, -0.05) is 13.8 Å². The lowest BCUT2D eigenvalue weighted by Gasteiger charge is -2.38. The van der Waals surface area contributed by atoms with Crippen molar-refractivity contribution in [3.05, 3.63) is 29.1 Å². The monoisotopic (exact) mass is 356 g/mol. The zero-order chi connectivity index (χ0) is 18.4. The van der Waals surface area contributed by atoms with Crippen molar-refractivity contribution in [1.82, 2.24) is 4.90 Å². The van der Waals surface area contributed by atoms with Crippen LogP contribution < -0.4 is 10.7 Å². The number of carbonyl (C=O) groups is 1. The molecule has 0 bridgehead atoms. The van der Waals surface area contributed by atoms with Crippen LogP contribution in [0.25, 0.3) is 0 Å². The molecular weight excluding hydrogens is 331 g/mol. The molecule has 2 atom stereocenters. The van der Waals surface area contributed by atoms with E-state index in [1.807, 2.05) is 13.8 Å². The lowest BCUT2D eigenvalue weighted by atomic mass is 9.74. The van der Waals surface area contributed by atoms with Crippen molar-refractivity contribution in [1.29, 1.82) is 0 Å². The van der Waals surface area contributed by atoms with Crippen LogP contribution in [0, 0.1) is 11.3 Å². The largest absolute Gasteiger partial charge is 0.422 e. The molecule has 2 aliphatic rings. The van der Waals surface area contributed by atoms with Gasteiger partial charge in [-0.3, -0.25) is 4.79 Å². The molecule has 0 aromatic carbocycles. The van der Waals surface area contributed by atoms with Gasteiger partial charge in [0.15, 0.2) is 11.9 Å². The minimum atomic E-state index is -4.39. The minimum Gasteiger partial charge on any atom is -0.337 e. The van der Waals surface area contributed by atoms with Gasteiger partial charge in [-0.25, -0.2) is 4.98 Å². The molecule has 1 aromatic rings. The Balaban J connectivity index is 1.85. The molecule has 1 fully saturated rings. The number of halogens is 3. The third kappa shape index (κ3) is 3.26. The molecule has 1 aromatic heterocycles. The zero-order valence-corrected chi connectivity index (χ0v) is 14.6. The van der Waals surface area contributed by atoms with E-state index in [1.54, 1.807) is 4.90 Å². The number of aromatic amines is 1. The number of nitrogens with zero attached hydrogens (tertiary/aromatic N) is 1. The number of carbonyl (C=O) groups excluding carboxylic acids is 1. The number of hydrogen-bond donors (Lipinski definition) is 1. The van der Waals surface area contributed by atoms with E-state index < -0.39 is 17.2 Å². The number of nitrogens with two attached hydrogens (primary N) is 1. The van der Waals surface area contributed by atoms with E-state index in [-0.39, 0.29) is 24.4 Å². The maximum atomic E-state index is 13.2. The highest BCUT2D eigenvalue weighted by Crippen LogP contribution is 2.45. The van der Waals surface area contributed by atoms with Crippen molar-refractivity contribution >= 4 is 5.91 Å². The van der Waals surface area contributed by atoms with Gasteiger partial charge in [0, 0.05) is 18.2 Å². The Morgan fingerprint density at radius 3 is 2.72 bits per heavy atom. The predicted octanol–water partition coefficient (Wildman–Crippen LogP) is 2.56. The molecule has 3 N–H and O–H groups in total. The van der Waals surface area contributed by atoms with Crippen LogP contribution in [-0.4, -0.2) is 23.4 Å². The highest BCUT2D eigenvalue weighted by atomic mass is 19.4. The molecule has 1 aliphatic carbocycles. The third-order valence-corrected chi connectivity index (χ3v) is 5.85. The molecule has 25 heavy (non-hydrogen) atoms. The number of hydrogen-bond acceptors (Lipinski definition) is 2. The summed E-state index contributed by atoms with van der Waals surface area (Å²) in [6, 6.07) is 1.18. The van der Waals surface area contributed by atoms with Crippen LogP contribution in [0.15, 0.2) is 12.3 Å². The van der Waals surface area contributed by atoms with E-state index in [0.29, 0.717) is 24.9 Å². The predicted molar refractivity (Wildman–Crippen MR) is 86.2 cm³/mol. The van der Waals surface area contributed by atoms with Crippen LogP contribution in [0.3, 0.4) is 0 Å². The summed E-state index contributed by atoms with van der Waals surface area (Å²) in [5.74, 6) is 0.196. The number of H-pyrrole nitrogens is 1. The molecule has 138 valence electrons. The van der Waals surface area contributed by atoms with Gasteiger partial charge < -0.3 is 10.6 Å². The lowest BCUT2D eigenvalue weighted by Crippen LogP contribution is -2.48. The molecular formula is C18H25F3N3O+. The lowest BCUT2D eigenvalue weighted by molar-refractivity contribution is -0.395. The van der Waals surface area contributed by atoms with Crippen LogP contribution in [0.2, 0.25) is 0 Å². The number of fused-ring (bicyclic) bond motifs is 1. The first-order valence-electron chi connectivity index (χ1n) is 8.79. The van der Waals surface area contributed by atoms with Crippen LogP contribution in [0.1, 0.15) is 49.9 Å². The van der Waals surface area contributed by atoms with Gasteiger partial charge in [0.05, 0.1) is 18.4 Å². The van der Waals surface area contributed by atoms with E-state index in [1.165, 1.54) is 0 Å². The first kappa shape index (κ1) is 18.2. The fraction of sp³-hybridized carbons (Fsp3) is 0.667. The Labute approximate surface area is 145 Å². The zero-order valence-electron chi connectivity index (χ0n) is 14.6. The molecule has 3 rings (SSSR count). The summed E-state index contributed by atoms with van der Waals surface area (Å²) >= 11 is 0. The average Bonchev–Trinajstić information content (AvgIpc) is 2.95. The second kappa shape index (κ2) is 6.27. The Kier molecular flexibility index (Phi) is 4.56. The minimum absolute atomic E-state index is 0.0218. The second-order valence-electron chi connectivity index (χ2n) is 7.68. The van der Waals surface area contributed by atoms with Crippen LogP contribution in [0.5, 0.6) is 0 Å². The van der Waals surface area contributed by atoms with E-state index in [0.717, 1.165) is 30.8 Å². The maximum absolute atomic E-state index is 13.2. The summed E-state index contributed by atoms with van der Waals surface area (Å²) in [4.78, 5) is 17.7. The molecule has 0 radical (unpaired) electrons. The van der Waals surface area contributed by atoms with Crippen molar-refractivity contribution in [2.75, 3.05) is 6.54 Å². The maximum Gasteiger partial charge on any atom is 0.422 e. The smallest absolute Gasteiger partial charge is 0.337 e. The van der Waals surface area contributed by atoms with Crippen LogP contribution in [-0.2, 0) is 23.9 Å². The van der Waals surface area contributed by atoms with Crippen molar-refractivity contribution in [2.45, 2.75) is 58.3 Å². The van der Waals surface area contributed by atoms with Crippen molar-refractivity contribution in [3.63, 3.8) is 0 Å². The topological polar surface area (TPSA) is 60.5 Å². The second-order valence-corrected chi connectivity index (χ2v) is 7.68. The van der Waals surface area contributed by atoms with Gasteiger partial charge >= 0.3 is 6.18 Å². The summed E-state index contributed by atoms with van der Waals surface area (Å²) in [6.07, 6.45) is -0.624. The van der Waals surface area contributed by atoms with Gasteiger partial charge in [0.1, 0.15) is 5.56 Å². The molecule has 1 amide bonds. The Morgan fingerprint density at radius 2 is 2.16 bits per heavy atom. The highest BCUT2D eigenvalue weighted by molar-refractivity contribution is 5.83. The van der Waals surface area contributed by atoms with Gasteiger partial charge in [0.2, 0.25) is 5.91 Å². The highest BCUT2D eigenvalue weighted by Gasteiger charge is 2.49. The SMILES string of the molecule is CC(C)[C@]1(C(=O)N2CCc3[nH+]cc(C(F)(F)F)cc3C2)CC[C@@H](N)C1. The number of aromatic nitrogens is 1. The fourth-order valence-corrected chi connectivity index (χ4v) is 4.21. The van der Waals surface area contributed by atoms with Crippen LogP contribution in [0.4, 0.5) is 13.2 Å². The number of alkyl halides is 3. The Morgan fingerprint density at radius 1 is 1.44 bits per heavy atom. The van der Waals surface area contributed by atoms with Crippen molar-refractivity contribution < 1.29 is 22.9 Å². The molecule has 7 heteroatoms. The number of rotatable bonds is 2. The third-order valence-electron chi connectivity index (χ3n) is 5.85. The molecule has 4 nitrogen and oxygen atoms in total. The Bertz CT molecular complexity index is 674. The average molecular weight is 356 g/mol. The molecule has 0 unspecified atom stereocenters. The Hall–Kier alpha value is -1.63. The van der Waals surface area contributed by atoms with Gasteiger partial charge in [-0.05, 0) is 31.2 Å². The summed E-state index contributed by atoms with van der Waals surface area (Å²) < 4.78 is 38.9. The summed E-state index contributed by atoms with van der Waals surface area (Å²) in [7, 11) is 0. The van der Waals surface area contributed by atoms with Crippen molar-refractivity contribution in [2.24, 2.45) is 17.1 Å². The number of pyridine rings is 1. The fourth-order valence-electron chi connectivity index (χ4n) is 4.21. The van der Waals surface area contributed by atoms with E-state index in [2.05, 4.69) is 4.98 Å². The van der Waals surface area contributed by atoms with Gasteiger partial charge in [-0.15, -0.1) is 0 Å². The summed E-state index contributed by atoms with van der Waals surface area (Å²) in [5.41, 5.74) is 6.20.